The van der Waals surface area contributed by atoms with Gasteiger partial charge in [0.05, 0.1) is 10.4 Å². The number of ether oxygens (including phenoxy) is 1. The first kappa shape index (κ1) is 23.8. The third kappa shape index (κ3) is 4.21. The number of carbonyl (C=O) groups excluding carboxylic acids is 1. The molecule has 190 valence electrons. The van der Waals surface area contributed by atoms with Gasteiger partial charge in [-0.05, 0) is 61.9 Å². The minimum atomic E-state index is -3.77. The van der Waals surface area contributed by atoms with Gasteiger partial charge in [-0.25, -0.2) is 17.2 Å². The van der Waals surface area contributed by atoms with E-state index < -0.39 is 10.0 Å². The van der Waals surface area contributed by atoms with Crippen LogP contribution in [0.2, 0.25) is 0 Å². The zero-order valence-corrected chi connectivity index (χ0v) is 21.6. The SMILES string of the molecule is Cc1ccc(S(=O)(=O)n2cc(C3CC4CCCC3N4C(=O)OCc3ccccc3)c3ccccc32)cc1. The smallest absolute Gasteiger partial charge is 0.410 e. The Hall–Kier alpha value is -3.58. The van der Waals surface area contributed by atoms with E-state index in [-0.39, 0.29) is 35.6 Å². The summed E-state index contributed by atoms with van der Waals surface area (Å²) >= 11 is 0. The van der Waals surface area contributed by atoms with Crippen molar-refractivity contribution in [2.24, 2.45) is 0 Å². The molecule has 3 heterocycles. The van der Waals surface area contributed by atoms with Crippen LogP contribution >= 0.6 is 0 Å². The number of benzene rings is 3. The molecule has 7 heteroatoms. The summed E-state index contributed by atoms with van der Waals surface area (Å²) < 4.78 is 34.5. The monoisotopic (exact) mass is 514 g/mol. The molecule has 2 bridgehead atoms. The maximum absolute atomic E-state index is 13.7. The Balaban J connectivity index is 1.34. The fourth-order valence-electron chi connectivity index (χ4n) is 6.09. The number of hydrogen-bond donors (Lipinski definition) is 0. The predicted octanol–water partition coefficient (Wildman–Crippen LogP) is 6.23. The van der Waals surface area contributed by atoms with E-state index in [4.69, 9.17) is 4.74 Å². The lowest BCUT2D eigenvalue weighted by Gasteiger charge is -2.35. The topological polar surface area (TPSA) is 68.6 Å². The molecule has 0 saturated carbocycles. The van der Waals surface area contributed by atoms with E-state index in [1.807, 2.05) is 78.6 Å². The summed E-state index contributed by atoms with van der Waals surface area (Å²) in [6.07, 6.45) is 5.19. The standard InChI is InChI=1S/C30H30N2O4S/c1-21-14-16-24(17-15-21)37(34,35)31-19-27(25-11-5-6-12-28(25)31)26-18-23-10-7-13-29(26)32(23)30(33)36-20-22-8-3-2-4-9-22/h2-6,8-9,11-12,14-17,19,23,26,29H,7,10,13,18,20H2,1H3. The zero-order chi connectivity index (χ0) is 25.6. The van der Waals surface area contributed by atoms with Gasteiger partial charge in [-0.2, -0.15) is 0 Å². The Morgan fingerprint density at radius 2 is 1.68 bits per heavy atom. The normalized spacial score (nSPS) is 21.3. The number of amides is 1. The average Bonchev–Trinajstić information content (AvgIpc) is 3.41. The molecule has 2 aliphatic heterocycles. The molecule has 0 radical (unpaired) electrons. The molecule has 1 amide bonds. The van der Waals surface area contributed by atoms with Crippen LogP contribution in [0.25, 0.3) is 10.9 Å². The molecule has 0 spiro atoms. The van der Waals surface area contributed by atoms with Crippen LogP contribution in [-0.2, 0) is 21.4 Å². The first-order chi connectivity index (χ1) is 17.9. The summed E-state index contributed by atoms with van der Waals surface area (Å²) in [5.41, 5.74) is 3.62. The molecule has 6 nitrogen and oxygen atoms in total. The molecule has 37 heavy (non-hydrogen) atoms. The van der Waals surface area contributed by atoms with Gasteiger partial charge in [0, 0.05) is 29.6 Å². The highest BCUT2D eigenvalue weighted by Crippen LogP contribution is 2.47. The highest BCUT2D eigenvalue weighted by atomic mass is 32.2. The lowest BCUT2D eigenvalue weighted by atomic mass is 9.90. The summed E-state index contributed by atoms with van der Waals surface area (Å²) in [7, 11) is -3.77. The Morgan fingerprint density at radius 1 is 0.946 bits per heavy atom. The number of rotatable bonds is 5. The van der Waals surface area contributed by atoms with Gasteiger partial charge < -0.3 is 9.64 Å². The van der Waals surface area contributed by atoms with Crippen LogP contribution in [0.5, 0.6) is 0 Å². The number of fused-ring (bicyclic) bond motifs is 3. The highest BCUT2D eigenvalue weighted by molar-refractivity contribution is 7.90. The van der Waals surface area contributed by atoms with Crippen LogP contribution in [0.4, 0.5) is 4.79 Å². The van der Waals surface area contributed by atoms with Gasteiger partial charge in [0.15, 0.2) is 0 Å². The molecule has 6 rings (SSSR count). The van der Waals surface area contributed by atoms with Crippen LogP contribution in [0.3, 0.4) is 0 Å². The highest BCUT2D eigenvalue weighted by Gasteiger charge is 2.48. The molecule has 2 saturated heterocycles. The van der Waals surface area contributed by atoms with Crippen molar-refractivity contribution in [2.45, 2.75) is 62.1 Å². The van der Waals surface area contributed by atoms with Gasteiger partial charge in [-0.15, -0.1) is 0 Å². The summed E-state index contributed by atoms with van der Waals surface area (Å²) in [4.78, 5) is 15.4. The molecule has 2 aliphatic rings. The van der Waals surface area contributed by atoms with Crippen molar-refractivity contribution in [3.63, 3.8) is 0 Å². The minimum Gasteiger partial charge on any atom is -0.445 e. The van der Waals surface area contributed by atoms with Gasteiger partial charge in [-0.1, -0.05) is 66.2 Å². The number of piperidine rings is 1. The number of hydrogen-bond acceptors (Lipinski definition) is 4. The number of aryl methyl sites for hydroxylation is 1. The maximum Gasteiger partial charge on any atom is 0.410 e. The van der Waals surface area contributed by atoms with Gasteiger partial charge in [0.25, 0.3) is 10.0 Å². The van der Waals surface area contributed by atoms with Crippen LogP contribution in [-0.4, -0.2) is 35.5 Å². The quantitative estimate of drug-likeness (QED) is 0.316. The zero-order valence-electron chi connectivity index (χ0n) is 20.8. The Kier molecular flexibility index (Phi) is 6.03. The second kappa shape index (κ2) is 9.38. The molecule has 3 unspecified atom stereocenters. The lowest BCUT2D eigenvalue weighted by molar-refractivity contribution is 0.0636. The van der Waals surface area contributed by atoms with Gasteiger partial charge >= 0.3 is 6.09 Å². The lowest BCUT2D eigenvalue weighted by Crippen LogP contribution is -2.45. The van der Waals surface area contributed by atoms with E-state index in [0.717, 1.165) is 47.8 Å². The van der Waals surface area contributed by atoms with Crippen LogP contribution in [0, 0.1) is 6.92 Å². The molecular weight excluding hydrogens is 484 g/mol. The molecule has 0 aliphatic carbocycles. The average molecular weight is 515 g/mol. The van der Waals surface area contributed by atoms with Crippen molar-refractivity contribution in [1.29, 1.82) is 0 Å². The fourth-order valence-corrected chi connectivity index (χ4v) is 7.47. The third-order valence-corrected chi connectivity index (χ3v) is 9.57. The van der Waals surface area contributed by atoms with E-state index >= 15 is 0 Å². The van der Waals surface area contributed by atoms with Crippen LogP contribution in [0.15, 0.2) is 90.0 Å². The maximum atomic E-state index is 13.7. The van der Waals surface area contributed by atoms with Crippen molar-refractivity contribution < 1.29 is 17.9 Å². The van der Waals surface area contributed by atoms with Gasteiger partial charge in [0.2, 0.25) is 0 Å². The summed E-state index contributed by atoms with van der Waals surface area (Å²) in [5, 5.41) is 0.924. The largest absolute Gasteiger partial charge is 0.445 e. The molecule has 3 atom stereocenters. The van der Waals surface area contributed by atoms with Crippen molar-refractivity contribution in [2.75, 3.05) is 0 Å². The molecule has 4 aromatic rings. The number of aromatic nitrogens is 1. The van der Waals surface area contributed by atoms with Crippen molar-refractivity contribution in [3.8, 4) is 0 Å². The van der Waals surface area contributed by atoms with Gasteiger partial charge in [-0.3, -0.25) is 0 Å². The number of carbonyl (C=O) groups is 1. The fraction of sp³-hybridized carbons (Fsp3) is 0.300. The molecule has 1 aromatic heterocycles. The third-order valence-electron chi connectivity index (χ3n) is 7.88. The minimum absolute atomic E-state index is 0.0108. The first-order valence-electron chi connectivity index (χ1n) is 12.8. The van der Waals surface area contributed by atoms with E-state index in [2.05, 4.69) is 0 Å². The Morgan fingerprint density at radius 3 is 2.46 bits per heavy atom. The second-order valence-electron chi connectivity index (χ2n) is 10.2. The van der Waals surface area contributed by atoms with E-state index in [1.54, 1.807) is 18.3 Å². The van der Waals surface area contributed by atoms with E-state index in [1.165, 1.54) is 3.97 Å². The van der Waals surface area contributed by atoms with Crippen molar-refractivity contribution in [1.82, 2.24) is 8.87 Å². The number of para-hydroxylation sites is 1. The van der Waals surface area contributed by atoms with Crippen LogP contribution < -0.4 is 0 Å². The van der Waals surface area contributed by atoms with Crippen molar-refractivity contribution in [3.05, 3.63) is 102 Å². The summed E-state index contributed by atoms with van der Waals surface area (Å²) in [6.45, 7) is 2.18. The summed E-state index contributed by atoms with van der Waals surface area (Å²) in [6, 6.07) is 24.4. The summed E-state index contributed by atoms with van der Waals surface area (Å²) in [5.74, 6) is 0.0520. The molecule has 0 N–H and O–H groups in total. The molecule has 2 fully saturated rings. The second-order valence-corrected chi connectivity index (χ2v) is 12.0. The molecule has 3 aromatic carbocycles. The van der Waals surface area contributed by atoms with Crippen molar-refractivity contribution >= 4 is 27.0 Å². The molecular formula is C30H30N2O4S. The Labute approximate surface area is 217 Å². The van der Waals surface area contributed by atoms with E-state index in [9.17, 15) is 13.2 Å². The number of nitrogens with zero attached hydrogens (tertiary/aromatic N) is 2. The first-order valence-corrected chi connectivity index (χ1v) is 14.3. The predicted molar refractivity (Wildman–Crippen MR) is 143 cm³/mol. The van der Waals surface area contributed by atoms with Gasteiger partial charge in [0.1, 0.15) is 6.61 Å². The van der Waals surface area contributed by atoms with E-state index in [0.29, 0.717) is 5.52 Å². The van der Waals surface area contributed by atoms with Crippen LogP contribution in [0.1, 0.15) is 48.3 Å². The Bertz CT molecular complexity index is 1540.